The third-order valence-electron chi connectivity index (χ3n) is 2.81. The highest BCUT2D eigenvalue weighted by Crippen LogP contribution is 2.16. The van der Waals surface area contributed by atoms with E-state index in [4.69, 9.17) is 9.84 Å². The van der Waals surface area contributed by atoms with Gasteiger partial charge in [0.05, 0.1) is 24.9 Å². The Morgan fingerprint density at radius 3 is 3.00 bits per heavy atom. The Kier molecular flexibility index (Phi) is 5.96. The summed E-state index contributed by atoms with van der Waals surface area (Å²) in [6.45, 7) is 2.02. The molecule has 0 bridgehead atoms. The molecule has 0 aliphatic rings. The van der Waals surface area contributed by atoms with Gasteiger partial charge >= 0.3 is 11.9 Å². The SMILES string of the molecule is CCOC(=O)Cc1csc(NN=Cc2cccc(F)c2C(=O)O)n1. The molecule has 2 N–H and O–H groups in total. The molecular formula is C15H14FN3O4S. The van der Waals surface area contributed by atoms with Gasteiger partial charge in [-0.3, -0.25) is 10.2 Å². The molecule has 9 heteroatoms. The number of nitrogens with one attached hydrogen (secondary N) is 1. The van der Waals surface area contributed by atoms with Crippen molar-refractivity contribution in [3.05, 3.63) is 46.2 Å². The molecule has 0 fully saturated rings. The van der Waals surface area contributed by atoms with Crippen LogP contribution in [-0.2, 0) is 16.0 Å². The lowest BCUT2D eigenvalue weighted by Crippen LogP contribution is -2.07. The summed E-state index contributed by atoms with van der Waals surface area (Å²) >= 11 is 1.22. The average Bonchev–Trinajstić information content (AvgIpc) is 2.94. The molecule has 2 aromatic rings. The van der Waals surface area contributed by atoms with Crippen LogP contribution in [0.1, 0.15) is 28.5 Å². The number of nitrogens with zero attached hydrogens (tertiary/aromatic N) is 2. The summed E-state index contributed by atoms with van der Waals surface area (Å²) in [5.74, 6) is -2.58. The molecule has 0 amide bonds. The average molecular weight is 351 g/mol. The molecule has 0 atom stereocenters. The van der Waals surface area contributed by atoms with E-state index in [2.05, 4.69) is 15.5 Å². The van der Waals surface area contributed by atoms with E-state index in [0.29, 0.717) is 17.4 Å². The maximum atomic E-state index is 13.5. The van der Waals surface area contributed by atoms with E-state index >= 15 is 0 Å². The maximum Gasteiger partial charge on any atom is 0.339 e. The fraction of sp³-hybridized carbons (Fsp3) is 0.200. The van der Waals surface area contributed by atoms with Crippen molar-refractivity contribution >= 4 is 34.6 Å². The monoisotopic (exact) mass is 351 g/mol. The minimum atomic E-state index is -1.37. The zero-order valence-electron chi connectivity index (χ0n) is 12.7. The van der Waals surface area contributed by atoms with Crippen molar-refractivity contribution in [2.45, 2.75) is 13.3 Å². The molecule has 0 aliphatic carbocycles. The van der Waals surface area contributed by atoms with Crippen molar-refractivity contribution in [2.24, 2.45) is 5.10 Å². The van der Waals surface area contributed by atoms with E-state index in [1.165, 1.54) is 29.7 Å². The van der Waals surface area contributed by atoms with Crippen LogP contribution in [0.25, 0.3) is 0 Å². The Labute approximate surface area is 140 Å². The molecule has 0 radical (unpaired) electrons. The fourth-order valence-corrected chi connectivity index (χ4v) is 2.49. The Morgan fingerprint density at radius 2 is 2.29 bits per heavy atom. The van der Waals surface area contributed by atoms with Gasteiger partial charge in [0.1, 0.15) is 11.4 Å². The van der Waals surface area contributed by atoms with Gasteiger partial charge in [0.25, 0.3) is 0 Å². The molecule has 0 unspecified atom stereocenters. The van der Waals surface area contributed by atoms with Gasteiger partial charge in [0, 0.05) is 10.9 Å². The number of hydrogen-bond acceptors (Lipinski definition) is 7. The van der Waals surface area contributed by atoms with E-state index in [0.717, 1.165) is 6.07 Å². The number of carboxylic acid groups (broad SMARTS) is 1. The molecule has 1 aromatic carbocycles. The quantitative estimate of drug-likeness (QED) is 0.452. The van der Waals surface area contributed by atoms with Crippen molar-refractivity contribution in [1.29, 1.82) is 0 Å². The molecule has 0 spiro atoms. The number of benzene rings is 1. The van der Waals surface area contributed by atoms with E-state index in [9.17, 15) is 14.0 Å². The first-order valence-corrected chi connectivity index (χ1v) is 7.80. The van der Waals surface area contributed by atoms with Crippen molar-refractivity contribution in [2.75, 3.05) is 12.0 Å². The van der Waals surface area contributed by atoms with E-state index in [-0.39, 0.29) is 18.0 Å². The molecule has 126 valence electrons. The highest BCUT2D eigenvalue weighted by Gasteiger charge is 2.14. The number of carbonyl (C=O) groups is 2. The number of rotatable bonds is 7. The second-order valence-corrected chi connectivity index (χ2v) is 5.36. The number of halogens is 1. The zero-order valence-corrected chi connectivity index (χ0v) is 13.5. The number of hydrogen-bond donors (Lipinski definition) is 2. The molecule has 2 rings (SSSR count). The standard InChI is InChI=1S/C15H14FN3O4S/c1-2-23-12(20)6-10-8-24-15(18-10)19-17-7-9-4-3-5-11(16)13(9)14(21)22/h3-5,7-8H,2,6H2,1H3,(H,18,19)(H,21,22). The number of esters is 1. The summed E-state index contributed by atoms with van der Waals surface area (Å²) in [5, 5.41) is 15.0. The number of aromatic carboxylic acids is 1. The number of thiazole rings is 1. The van der Waals surface area contributed by atoms with Crippen LogP contribution in [0.4, 0.5) is 9.52 Å². The van der Waals surface area contributed by atoms with Crippen LogP contribution in [0.2, 0.25) is 0 Å². The molecule has 0 aliphatic heterocycles. The lowest BCUT2D eigenvalue weighted by Gasteiger charge is -2.01. The topological polar surface area (TPSA) is 101 Å². The van der Waals surface area contributed by atoms with Crippen LogP contribution in [0.15, 0.2) is 28.7 Å². The first-order chi connectivity index (χ1) is 11.5. The van der Waals surface area contributed by atoms with Crippen molar-refractivity contribution in [3.8, 4) is 0 Å². The number of hydrazone groups is 1. The lowest BCUT2D eigenvalue weighted by molar-refractivity contribution is -0.142. The summed E-state index contributed by atoms with van der Waals surface area (Å²) in [6.07, 6.45) is 1.25. The van der Waals surface area contributed by atoms with Gasteiger partial charge < -0.3 is 9.84 Å². The summed E-state index contributed by atoms with van der Waals surface area (Å²) in [6, 6.07) is 3.90. The molecular weight excluding hydrogens is 337 g/mol. The number of aromatic nitrogens is 1. The zero-order chi connectivity index (χ0) is 17.5. The van der Waals surface area contributed by atoms with Gasteiger partial charge in [0.2, 0.25) is 5.13 Å². The second-order valence-electron chi connectivity index (χ2n) is 4.51. The Morgan fingerprint density at radius 1 is 1.50 bits per heavy atom. The van der Waals surface area contributed by atoms with Crippen LogP contribution >= 0.6 is 11.3 Å². The van der Waals surface area contributed by atoms with Gasteiger partial charge in [-0.1, -0.05) is 12.1 Å². The predicted molar refractivity (Wildman–Crippen MR) is 87.0 cm³/mol. The van der Waals surface area contributed by atoms with Gasteiger partial charge in [-0.25, -0.2) is 14.2 Å². The Bertz CT molecular complexity index is 776. The number of ether oxygens (including phenoxy) is 1. The lowest BCUT2D eigenvalue weighted by atomic mass is 10.1. The maximum absolute atomic E-state index is 13.5. The Balaban J connectivity index is 2.03. The van der Waals surface area contributed by atoms with Crippen LogP contribution in [0.3, 0.4) is 0 Å². The summed E-state index contributed by atoms with van der Waals surface area (Å²) in [5.41, 5.74) is 2.82. The molecule has 24 heavy (non-hydrogen) atoms. The van der Waals surface area contributed by atoms with E-state index in [1.807, 2.05) is 0 Å². The number of carbonyl (C=O) groups excluding carboxylic acids is 1. The minimum absolute atomic E-state index is 0.0583. The normalized spacial score (nSPS) is 10.8. The third-order valence-corrected chi connectivity index (χ3v) is 3.60. The van der Waals surface area contributed by atoms with Crippen molar-refractivity contribution in [1.82, 2.24) is 4.98 Å². The summed E-state index contributed by atoms with van der Waals surface area (Å²) < 4.78 is 18.3. The highest BCUT2D eigenvalue weighted by molar-refractivity contribution is 7.13. The molecule has 0 saturated heterocycles. The fourth-order valence-electron chi connectivity index (χ4n) is 1.83. The highest BCUT2D eigenvalue weighted by atomic mass is 32.1. The van der Waals surface area contributed by atoms with Gasteiger partial charge in [0.15, 0.2) is 0 Å². The van der Waals surface area contributed by atoms with Gasteiger partial charge in [-0.15, -0.1) is 11.3 Å². The molecule has 7 nitrogen and oxygen atoms in total. The predicted octanol–water partition coefficient (Wildman–Crippen LogP) is 2.53. The van der Waals surface area contributed by atoms with E-state index in [1.54, 1.807) is 12.3 Å². The summed E-state index contributed by atoms with van der Waals surface area (Å²) in [7, 11) is 0. The van der Waals surface area contributed by atoms with Gasteiger partial charge in [-0.2, -0.15) is 5.10 Å². The molecule has 0 saturated carbocycles. The first kappa shape index (κ1) is 17.5. The smallest absolute Gasteiger partial charge is 0.339 e. The summed E-state index contributed by atoms with van der Waals surface area (Å²) in [4.78, 5) is 26.6. The van der Waals surface area contributed by atoms with Crippen LogP contribution < -0.4 is 5.43 Å². The number of carboxylic acids is 1. The first-order valence-electron chi connectivity index (χ1n) is 6.92. The minimum Gasteiger partial charge on any atom is -0.478 e. The Hall–Kier alpha value is -2.81. The van der Waals surface area contributed by atoms with Crippen LogP contribution in [0, 0.1) is 5.82 Å². The van der Waals surface area contributed by atoms with Crippen LogP contribution in [0.5, 0.6) is 0 Å². The largest absolute Gasteiger partial charge is 0.478 e. The van der Waals surface area contributed by atoms with Crippen molar-refractivity contribution < 1.29 is 23.8 Å². The third kappa shape index (κ3) is 4.59. The molecule has 1 aromatic heterocycles. The van der Waals surface area contributed by atoms with Crippen molar-refractivity contribution in [3.63, 3.8) is 0 Å². The van der Waals surface area contributed by atoms with Crippen LogP contribution in [-0.4, -0.2) is 34.9 Å². The van der Waals surface area contributed by atoms with E-state index < -0.39 is 17.3 Å². The number of anilines is 1. The second kappa shape index (κ2) is 8.16. The molecule has 1 heterocycles. The van der Waals surface area contributed by atoms with Gasteiger partial charge in [-0.05, 0) is 13.0 Å².